The summed E-state index contributed by atoms with van der Waals surface area (Å²) >= 11 is 0. The SMILES string of the molecule is CCCn1cccc1C(=O)NCc1ccc(CCN)cc1. The Labute approximate surface area is 126 Å². The van der Waals surface area contributed by atoms with Gasteiger partial charge in [0.1, 0.15) is 5.69 Å². The second kappa shape index (κ2) is 7.64. The lowest BCUT2D eigenvalue weighted by Crippen LogP contribution is -2.25. The van der Waals surface area contributed by atoms with E-state index in [1.165, 1.54) is 5.56 Å². The maximum atomic E-state index is 12.2. The van der Waals surface area contributed by atoms with Crippen molar-refractivity contribution in [2.75, 3.05) is 6.54 Å². The lowest BCUT2D eigenvalue weighted by molar-refractivity contribution is 0.0941. The molecule has 0 aliphatic heterocycles. The Morgan fingerprint density at radius 2 is 1.90 bits per heavy atom. The summed E-state index contributed by atoms with van der Waals surface area (Å²) in [7, 11) is 0. The topological polar surface area (TPSA) is 60.0 Å². The zero-order valence-electron chi connectivity index (χ0n) is 12.5. The van der Waals surface area contributed by atoms with Crippen LogP contribution in [0.4, 0.5) is 0 Å². The molecular formula is C17H23N3O. The molecule has 2 aromatic rings. The van der Waals surface area contributed by atoms with Crippen molar-refractivity contribution in [1.82, 2.24) is 9.88 Å². The zero-order valence-corrected chi connectivity index (χ0v) is 12.5. The smallest absolute Gasteiger partial charge is 0.268 e. The number of carbonyl (C=O) groups excluding carboxylic acids is 1. The number of hydrogen-bond acceptors (Lipinski definition) is 2. The normalized spacial score (nSPS) is 10.6. The Hall–Kier alpha value is -2.07. The molecule has 112 valence electrons. The van der Waals surface area contributed by atoms with Crippen molar-refractivity contribution in [3.05, 3.63) is 59.4 Å². The summed E-state index contributed by atoms with van der Waals surface area (Å²) < 4.78 is 1.99. The van der Waals surface area contributed by atoms with Crippen molar-refractivity contribution in [1.29, 1.82) is 0 Å². The van der Waals surface area contributed by atoms with Crippen LogP contribution in [0.25, 0.3) is 0 Å². The molecule has 3 N–H and O–H groups in total. The highest BCUT2D eigenvalue weighted by atomic mass is 16.1. The van der Waals surface area contributed by atoms with E-state index < -0.39 is 0 Å². The number of carbonyl (C=O) groups is 1. The largest absolute Gasteiger partial charge is 0.347 e. The fourth-order valence-corrected chi connectivity index (χ4v) is 2.32. The maximum Gasteiger partial charge on any atom is 0.268 e. The average Bonchev–Trinajstić information content (AvgIpc) is 2.95. The molecule has 4 nitrogen and oxygen atoms in total. The Balaban J connectivity index is 1.92. The summed E-state index contributed by atoms with van der Waals surface area (Å²) in [5.41, 5.74) is 8.57. The molecule has 0 spiro atoms. The van der Waals surface area contributed by atoms with Gasteiger partial charge in [-0.15, -0.1) is 0 Å². The molecule has 4 heteroatoms. The number of amides is 1. The minimum Gasteiger partial charge on any atom is -0.347 e. The van der Waals surface area contributed by atoms with E-state index in [0.717, 1.165) is 30.6 Å². The number of benzene rings is 1. The van der Waals surface area contributed by atoms with Crippen LogP contribution in [0.2, 0.25) is 0 Å². The monoisotopic (exact) mass is 285 g/mol. The lowest BCUT2D eigenvalue weighted by Gasteiger charge is -2.09. The van der Waals surface area contributed by atoms with Crippen LogP contribution < -0.4 is 11.1 Å². The number of nitrogens with two attached hydrogens (primary N) is 1. The molecular weight excluding hydrogens is 262 g/mol. The number of hydrogen-bond donors (Lipinski definition) is 2. The quantitative estimate of drug-likeness (QED) is 0.820. The van der Waals surface area contributed by atoms with Crippen LogP contribution in [0.5, 0.6) is 0 Å². The number of rotatable bonds is 7. The first-order chi connectivity index (χ1) is 10.2. The number of nitrogens with zero attached hydrogens (tertiary/aromatic N) is 1. The molecule has 0 unspecified atom stereocenters. The zero-order chi connectivity index (χ0) is 15.1. The molecule has 1 amide bonds. The summed E-state index contributed by atoms with van der Waals surface area (Å²) in [6, 6.07) is 12.0. The standard InChI is InChI=1S/C17H23N3O/c1-2-11-20-12-3-4-16(20)17(21)19-13-15-7-5-14(6-8-15)9-10-18/h3-8,12H,2,9-11,13,18H2,1H3,(H,19,21). The Morgan fingerprint density at radius 3 is 2.57 bits per heavy atom. The predicted molar refractivity (Wildman–Crippen MR) is 85.1 cm³/mol. The Bertz CT molecular complexity index is 572. The third kappa shape index (κ3) is 4.20. The second-order valence-corrected chi connectivity index (χ2v) is 5.12. The van der Waals surface area contributed by atoms with E-state index in [1.54, 1.807) is 0 Å². The molecule has 0 saturated carbocycles. The van der Waals surface area contributed by atoms with Crippen molar-refractivity contribution in [3.8, 4) is 0 Å². The van der Waals surface area contributed by atoms with Crippen molar-refractivity contribution in [2.24, 2.45) is 5.73 Å². The van der Waals surface area contributed by atoms with Gasteiger partial charge in [0.25, 0.3) is 5.91 Å². The lowest BCUT2D eigenvalue weighted by atomic mass is 10.1. The van der Waals surface area contributed by atoms with Gasteiger partial charge in [0.2, 0.25) is 0 Å². The summed E-state index contributed by atoms with van der Waals surface area (Å²) in [4.78, 5) is 12.2. The average molecular weight is 285 g/mol. The van der Waals surface area contributed by atoms with Crippen LogP contribution in [0.1, 0.15) is 35.0 Å². The third-order valence-electron chi connectivity index (χ3n) is 3.44. The van der Waals surface area contributed by atoms with Gasteiger partial charge in [-0.3, -0.25) is 4.79 Å². The summed E-state index contributed by atoms with van der Waals surface area (Å²) in [5.74, 6) is -0.0283. The molecule has 0 atom stereocenters. The van der Waals surface area contributed by atoms with Crippen molar-refractivity contribution < 1.29 is 4.79 Å². The Kier molecular flexibility index (Phi) is 5.58. The number of aromatic nitrogens is 1. The molecule has 0 bridgehead atoms. The number of aryl methyl sites for hydroxylation is 1. The summed E-state index contributed by atoms with van der Waals surface area (Å²) in [5, 5.41) is 2.97. The molecule has 0 radical (unpaired) electrons. The molecule has 1 aromatic carbocycles. The van der Waals surface area contributed by atoms with Crippen LogP contribution in [-0.2, 0) is 19.5 Å². The van der Waals surface area contributed by atoms with Crippen molar-refractivity contribution >= 4 is 5.91 Å². The van der Waals surface area contributed by atoms with Crippen LogP contribution >= 0.6 is 0 Å². The van der Waals surface area contributed by atoms with E-state index in [-0.39, 0.29) is 5.91 Å². The fraction of sp³-hybridized carbons (Fsp3) is 0.353. The van der Waals surface area contributed by atoms with Gasteiger partial charge in [0.05, 0.1) is 0 Å². The summed E-state index contributed by atoms with van der Waals surface area (Å²) in [6.07, 6.45) is 3.84. The van der Waals surface area contributed by atoms with Gasteiger partial charge in [-0.2, -0.15) is 0 Å². The van der Waals surface area contributed by atoms with Gasteiger partial charge >= 0.3 is 0 Å². The van der Waals surface area contributed by atoms with E-state index >= 15 is 0 Å². The molecule has 0 aliphatic rings. The van der Waals surface area contributed by atoms with Gasteiger partial charge < -0.3 is 15.6 Å². The predicted octanol–water partition coefficient (Wildman–Crippen LogP) is 2.33. The minimum atomic E-state index is -0.0283. The molecule has 0 aliphatic carbocycles. The van der Waals surface area contributed by atoms with Gasteiger partial charge in [-0.25, -0.2) is 0 Å². The molecule has 21 heavy (non-hydrogen) atoms. The van der Waals surface area contributed by atoms with E-state index in [0.29, 0.717) is 13.1 Å². The van der Waals surface area contributed by atoms with E-state index in [2.05, 4.69) is 24.4 Å². The van der Waals surface area contributed by atoms with Gasteiger partial charge in [-0.1, -0.05) is 31.2 Å². The highest BCUT2D eigenvalue weighted by molar-refractivity contribution is 5.92. The van der Waals surface area contributed by atoms with E-state index in [1.807, 2.05) is 35.0 Å². The van der Waals surface area contributed by atoms with Crippen LogP contribution in [-0.4, -0.2) is 17.0 Å². The second-order valence-electron chi connectivity index (χ2n) is 5.12. The molecule has 0 saturated heterocycles. The third-order valence-corrected chi connectivity index (χ3v) is 3.44. The van der Waals surface area contributed by atoms with Gasteiger partial charge in [0.15, 0.2) is 0 Å². The molecule has 1 heterocycles. The van der Waals surface area contributed by atoms with Crippen LogP contribution in [0, 0.1) is 0 Å². The van der Waals surface area contributed by atoms with Crippen molar-refractivity contribution in [2.45, 2.75) is 32.9 Å². The molecule has 0 fully saturated rings. The van der Waals surface area contributed by atoms with E-state index in [9.17, 15) is 4.79 Å². The first-order valence-corrected chi connectivity index (χ1v) is 7.45. The van der Waals surface area contributed by atoms with E-state index in [4.69, 9.17) is 5.73 Å². The maximum absolute atomic E-state index is 12.2. The fourth-order valence-electron chi connectivity index (χ4n) is 2.32. The molecule has 1 aromatic heterocycles. The Morgan fingerprint density at radius 1 is 1.19 bits per heavy atom. The highest BCUT2D eigenvalue weighted by Crippen LogP contribution is 2.07. The van der Waals surface area contributed by atoms with Gasteiger partial charge in [0, 0.05) is 19.3 Å². The minimum absolute atomic E-state index is 0.0283. The highest BCUT2D eigenvalue weighted by Gasteiger charge is 2.09. The van der Waals surface area contributed by atoms with Gasteiger partial charge in [-0.05, 0) is 42.6 Å². The summed E-state index contributed by atoms with van der Waals surface area (Å²) in [6.45, 7) is 4.16. The number of nitrogens with one attached hydrogen (secondary N) is 1. The first-order valence-electron chi connectivity index (χ1n) is 7.45. The first kappa shape index (κ1) is 15.3. The van der Waals surface area contributed by atoms with Crippen LogP contribution in [0.15, 0.2) is 42.6 Å². The molecule has 2 rings (SSSR count). The van der Waals surface area contributed by atoms with Crippen molar-refractivity contribution in [3.63, 3.8) is 0 Å². The van der Waals surface area contributed by atoms with Crippen LogP contribution in [0.3, 0.4) is 0 Å².